The van der Waals surface area contributed by atoms with Gasteiger partial charge in [-0.3, -0.25) is 0 Å². The van der Waals surface area contributed by atoms with Gasteiger partial charge in [-0.15, -0.1) is 11.3 Å². The summed E-state index contributed by atoms with van der Waals surface area (Å²) >= 11 is 1.56. The Morgan fingerprint density at radius 2 is 1.89 bits per heavy atom. The van der Waals surface area contributed by atoms with Crippen LogP contribution in [-0.2, 0) is 12.0 Å². The highest BCUT2D eigenvalue weighted by molar-refractivity contribution is 7.12. The molecule has 0 radical (unpaired) electrons. The largest absolute Gasteiger partial charge is 0.311 e. The number of rotatable bonds is 5. The number of hydrogen-bond acceptors (Lipinski definition) is 3. The fraction of sp³-hybridized carbons (Fsp3) is 0.312. The van der Waals surface area contributed by atoms with Crippen LogP contribution in [0.4, 0.5) is 0 Å². The third kappa shape index (κ3) is 3.66. The molecular weight excluding hydrogens is 252 g/mol. The molecule has 1 heterocycles. The lowest BCUT2D eigenvalue weighted by Crippen LogP contribution is -2.32. The van der Waals surface area contributed by atoms with Gasteiger partial charge in [0.1, 0.15) is 10.9 Å². The number of nitrogens with one attached hydrogen (secondary N) is 1. The lowest BCUT2D eigenvalue weighted by atomic mass is 9.84. The SMILES string of the molecule is CC(C)(CNCc1ccc(C#N)s1)c1ccccc1. The molecule has 0 unspecified atom stereocenters. The van der Waals surface area contributed by atoms with Gasteiger partial charge in [-0.25, -0.2) is 0 Å². The van der Waals surface area contributed by atoms with E-state index in [9.17, 15) is 0 Å². The van der Waals surface area contributed by atoms with Crippen molar-refractivity contribution >= 4 is 11.3 Å². The van der Waals surface area contributed by atoms with Gasteiger partial charge < -0.3 is 5.32 Å². The molecule has 0 bridgehead atoms. The molecule has 0 aliphatic rings. The molecule has 0 atom stereocenters. The molecular formula is C16H18N2S. The summed E-state index contributed by atoms with van der Waals surface area (Å²) in [6.45, 7) is 6.22. The average Bonchev–Trinajstić information content (AvgIpc) is 2.87. The smallest absolute Gasteiger partial charge is 0.110 e. The summed E-state index contributed by atoms with van der Waals surface area (Å²) in [5.41, 5.74) is 1.45. The molecule has 1 N–H and O–H groups in total. The summed E-state index contributed by atoms with van der Waals surface area (Å²) in [5, 5.41) is 12.3. The molecule has 2 rings (SSSR count). The molecule has 1 aromatic heterocycles. The topological polar surface area (TPSA) is 35.8 Å². The average molecular weight is 270 g/mol. The summed E-state index contributed by atoms with van der Waals surface area (Å²) in [5.74, 6) is 0. The van der Waals surface area contributed by atoms with Gasteiger partial charge in [-0.1, -0.05) is 44.2 Å². The Hall–Kier alpha value is -1.63. The Kier molecular flexibility index (Phi) is 4.36. The molecule has 0 aliphatic heterocycles. The van der Waals surface area contributed by atoms with Gasteiger partial charge in [-0.05, 0) is 17.7 Å². The van der Waals surface area contributed by atoms with Crippen molar-refractivity contribution < 1.29 is 0 Å². The molecule has 98 valence electrons. The predicted molar refractivity (Wildman–Crippen MR) is 80.2 cm³/mol. The van der Waals surface area contributed by atoms with Gasteiger partial charge in [-0.2, -0.15) is 5.26 Å². The first-order valence-corrected chi connectivity index (χ1v) is 7.18. The molecule has 0 spiro atoms. The van der Waals surface area contributed by atoms with Crippen LogP contribution in [0.1, 0.15) is 29.2 Å². The molecule has 0 aliphatic carbocycles. The lowest BCUT2D eigenvalue weighted by Gasteiger charge is -2.25. The molecule has 1 aromatic carbocycles. The zero-order chi connectivity index (χ0) is 13.7. The Morgan fingerprint density at radius 3 is 2.53 bits per heavy atom. The molecule has 19 heavy (non-hydrogen) atoms. The minimum absolute atomic E-state index is 0.108. The number of hydrogen-bond donors (Lipinski definition) is 1. The monoisotopic (exact) mass is 270 g/mol. The van der Waals surface area contributed by atoms with Crippen molar-refractivity contribution in [3.05, 3.63) is 57.8 Å². The second kappa shape index (κ2) is 6.01. The first kappa shape index (κ1) is 13.8. The highest BCUT2D eigenvalue weighted by Gasteiger charge is 2.19. The van der Waals surface area contributed by atoms with Crippen LogP contribution in [0, 0.1) is 11.3 Å². The van der Waals surface area contributed by atoms with Gasteiger partial charge in [0.25, 0.3) is 0 Å². The van der Waals surface area contributed by atoms with Crippen LogP contribution in [0.5, 0.6) is 0 Å². The number of nitriles is 1. The van der Waals surface area contributed by atoms with Crippen LogP contribution >= 0.6 is 11.3 Å². The minimum Gasteiger partial charge on any atom is -0.311 e. The van der Waals surface area contributed by atoms with Gasteiger partial charge >= 0.3 is 0 Å². The van der Waals surface area contributed by atoms with Crippen LogP contribution in [0.2, 0.25) is 0 Å². The van der Waals surface area contributed by atoms with Crippen molar-refractivity contribution in [3.63, 3.8) is 0 Å². The number of nitrogens with zero attached hydrogens (tertiary/aromatic N) is 1. The Labute approximate surface area is 118 Å². The van der Waals surface area contributed by atoms with Crippen LogP contribution in [0.25, 0.3) is 0 Å². The van der Waals surface area contributed by atoms with Crippen LogP contribution in [0.3, 0.4) is 0 Å². The standard InChI is InChI=1S/C16H18N2S/c1-16(2,13-6-4-3-5-7-13)12-18-11-15-9-8-14(10-17)19-15/h3-9,18H,11-12H2,1-2H3. The van der Waals surface area contributed by atoms with E-state index >= 15 is 0 Å². The van der Waals surface area contributed by atoms with E-state index in [-0.39, 0.29) is 5.41 Å². The summed E-state index contributed by atoms with van der Waals surface area (Å²) in [6, 6.07) is 16.6. The maximum atomic E-state index is 8.79. The van der Waals surface area contributed by atoms with Crippen molar-refractivity contribution in [3.8, 4) is 6.07 Å². The second-order valence-corrected chi connectivity index (χ2v) is 6.40. The summed E-state index contributed by atoms with van der Waals surface area (Å²) in [7, 11) is 0. The minimum atomic E-state index is 0.108. The summed E-state index contributed by atoms with van der Waals surface area (Å²) in [4.78, 5) is 1.99. The zero-order valence-electron chi connectivity index (χ0n) is 11.3. The van der Waals surface area contributed by atoms with Crippen LogP contribution < -0.4 is 5.32 Å². The first-order valence-electron chi connectivity index (χ1n) is 6.37. The number of benzene rings is 1. The Morgan fingerprint density at radius 1 is 1.16 bits per heavy atom. The molecule has 3 heteroatoms. The Bertz CT molecular complexity index is 564. The second-order valence-electron chi connectivity index (χ2n) is 5.23. The zero-order valence-corrected chi connectivity index (χ0v) is 12.1. The molecule has 0 fully saturated rings. The molecule has 0 amide bonds. The highest BCUT2D eigenvalue weighted by atomic mass is 32.1. The van der Waals surface area contributed by atoms with Gasteiger partial charge in [0.05, 0.1) is 0 Å². The van der Waals surface area contributed by atoms with E-state index in [0.29, 0.717) is 0 Å². The number of thiophene rings is 1. The van der Waals surface area contributed by atoms with Gasteiger partial charge in [0.15, 0.2) is 0 Å². The normalized spacial score (nSPS) is 11.2. The lowest BCUT2D eigenvalue weighted by molar-refractivity contribution is 0.470. The van der Waals surface area contributed by atoms with Crippen LogP contribution in [0.15, 0.2) is 42.5 Å². The summed E-state index contributed by atoms with van der Waals surface area (Å²) in [6.07, 6.45) is 0. The molecule has 0 saturated carbocycles. The quantitative estimate of drug-likeness (QED) is 0.899. The third-order valence-corrected chi connectivity index (χ3v) is 4.18. The first-order chi connectivity index (χ1) is 9.12. The van der Waals surface area contributed by atoms with E-state index in [2.05, 4.69) is 49.5 Å². The fourth-order valence-corrected chi connectivity index (χ4v) is 2.80. The summed E-state index contributed by atoms with van der Waals surface area (Å²) < 4.78 is 0. The van der Waals surface area contributed by atoms with Crippen molar-refractivity contribution in [2.24, 2.45) is 0 Å². The van der Waals surface area contributed by atoms with Crippen molar-refractivity contribution in [1.82, 2.24) is 5.32 Å². The van der Waals surface area contributed by atoms with E-state index in [1.165, 1.54) is 10.4 Å². The highest BCUT2D eigenvalue weighted by Crippen LogP contribution is 2.22. The van der Waals surface area contributed by atoms with Crippen molar-refractivity contribution in [2.45, 2.75) is 25.8 Å². The van der Waals surface area contributed by atoms with Crippen LogP contribution in [-0.4, -0.2) is 6.54 Å². The van der Waals surface area contributed by atoms with E-state index in [4.69, 9.17) is 5.26 Å². The maximum absolute atomic E-state index is 8.79. The van der Waals surface area contributed by atoms with Gasteiger partial charge in [0.2, 0.25) is 0 Å². The van der Waals surface area contributed by atoms with E-state index in [1.54, 1.807) is 11.3 Å². The molecule has 2 nitrogen and oxygen atoms in total. The Balaban J connectivity index is 1.90. The maximum Gasteiger partial charge on any atom is 0.110 e. The van der Waals surface area contributed by atoms with Crippen molar-refractivity contribution in [2.75, 3.05) is 6.54 Å². The van der Waals surface area contributed by atoms with Gasteiger partial charge in [0, 0.05) is 23.4 Å². The van der Waals surface area contributed by atoms with E-state index in [0.717, 1.165) is 18.0 Å². The predicted octanol–water partition coefficient (Wildman–Crippen LogP) is 3.69. The van der Waals surface area contributed by atoms with E-state index in [1.807, 2.05) is 18.2 Å². The van der Waals surface area contributed by atoms with E-state index < -0.39 is 0 Å². The molecule has 0 saturated heterocycles. The fourth-order valence-electron chi connectivity index (χ4n) is 2.02. The van der Waals surface area contributed by atoms with Crippen molar-refractivity contribution in [1.29, 1.82) is 5.26 Å². The third-order valence-electron chi connectivity index (χ3n) is 3.19. The molecule has 2 aromatic rings.